The van der Waals surface area contributed by atoms with E-state index in [2.05, 4.69) is 9.71 Å². The average molecular weight is 497 g/mol. The maximum atomic E-state index is 14.0. The highest BCUT2D eigenvalue weighted by atomic mass is 32.2. The van der Waals surface area contributed by atoms with Gasteiger partial charge >= 0.3 is 0 Å². The zero-order valence-corrected chi connectivity index (χ0v) is 19.5. The summed E-state index contributed by atoms with van der Waals surface area (Å²) in [4.78, 5) is 19.3. The number of nitrogens with zero attached hydrogens (tertiary/aromatic N) is 2. The van der Waals surface area contributed by atoms with Crippen LogP contribution in [0.25, 0.3) is 0 Å². The molecule has 2 aromatic rings. The van der Waals surface area contributed by atoms with Crippen LogP contribution < -0.4 is 10.5 Å². The molecule has 1 aliphatic heterocycles. The Morgan fingerprint density at radius 2 is 1.91 bits per heavy atom. The number of fused-ring (bicyclic) bond motifs is 1. The number of benzene rings is 1. The van der Waals surface area contributed by atoms with Crippen LogP contribution in [0.1, 0.15) is 41.8 Å². The number of sulfonamides is 1. The van der Waals surface area contributed by atoms with Crippen molar-refractivity contribution < 1.29 is 26.4 Å². The molecule has 1 fully saturated rings. The largest absolute Gasteiger partial charge is 0.332 e. The van der Waals surface area contributed by atoms with Crippen molar-refractivity contribution in [3.8, 4) is 0 Å². The summed E-state index contributed by atoms with van der Waals surface area (Å²) in [5.74, 6) is -3.76. The van der Waals surface area contributed by atoms with Gasteiger partial charge in [-0.2, -0.15) is 0 Å². The van der Waals surface area contributed by atoms with Crippen LogP contribution in [0.3, 0.4) is 0 Å². The van der Waals surface area contributed by atoms with E-state index in [0.29, 0.717) is 25.3 Å². The molecule has 0 spiro atoms. The minimum Gasteiger partial charge on any atom is -0.332 e. The zero-order valence-electron chi connectivity index (χ0n) is 18.7. The number of halogens is 3. The normalized spacial score (nSPS) is 19.1. The molecule has 184 valence electrons. The number of rotatable bonds is 8. The van der Waals surface area contributed by atoms with E-state index in [1.165, 1.54) is 0 Å². The van der Waals surface area contributed by atoms with Gasteiger partial charge in [0.15, 0.2) is 11.6 Å². The summed E-state index contributed by atoms with van der Waals surface area (Å²) in [6.45, 7) is 2.09. The minimum absolute atomic E-state index is 0.0604. The van der Waals surface area contributed by atoms with E-state index in [4.69, 9.17) is 5.73 Å². The van der Waals surface area contributed by atoms with Crippen LogP contribution in [0.2, 0.25) is 0 Å². The van der Waals surface area contributed by atoms with Crippen molar-refractivity contribution in [1.29, 1.82) is 0 Å². The third-order valence-corrected chi connectivity index (χ3v) is 8.15. The second-order valence-corrected chi connectivity index (χ2v) is 11.1. The fraction of sp³-hybridized carbons (Fsp3) is 0.478. The third kappa shape index (κ3) is 5.59. The van der Waals surface area contributed by atoms with Crippen LogP contribution in [0.4, 0.5) is 13.2 Å². The third-order valence-electron chi connectivity index (χ3n) is 6.24. The monoisotopic (exact) mass is 496 g/mol. The number of nitrogens with two attached hydrogens (primary N) is 1. The Labute approximate surface area is 196 Å². The predicted octanol–water partition coefficient (Wildman–Crippen LogP) is 2.10. The van der Waals surface area contributed by atoms with Crippen LogP contribution in [0.5, 0.6) is 0 Å². The molecule has 2 heterocycles. The molecule has 0 saturated heterocycles. The maximum absolute atomic E-state index is 14.0. The smallest absolute Gasteiger partial charge is 0.224 e. The number of carbonyl (C=O) groups excluding carboxylic acids is 1. The maximum Gasteiger partial charge on any atom is 0.224 e. The van der Waals surface area contributed by atoms with Crippen molar-refractivity contribution in [3.63, 3.8) is 0 Å². The lowest BCUT2D eigenvalue weighted by atomic mass is 9.95. The Kier molecular flexibility index (Phi) is 6.97. The second-order valence-electron chi connectivity index (χ2n) is 9.06. The number of nitrogens with one attached hydrogen (secondary N) is 1. The minimum atomic E-state index is -3.43. The Morgan fingerprint density at radius 1 is 1.21 bits per heavy atom. The molecule has 0 bridgehead atoms. The Balaban J connectivity index is 1.48. The quantitative estimate of drug-likeness (QED) is 0.545. The van der Waals surface area contributed by atoms with Gasteiger partial charge in [-0.3, -0.25) is 9.78 Å². The van der Waals surface area contributed by atoms with Crippen molar-refractivity contribution in [2.24, 2.45) is 5.73 Å². The number of carbonyl (C=O) groups is 1. The fourth-order valence-corrected chi connectivity index (χ4v) is 5.63. The number of amides is 1. The summed E-state index contributed by atoms with van der Waals surface area (Å²) in [5.41, 5.74) is 8.42. The molecule has 1 saturated carbocycles. The fourth-order valence-electron chi connectivity index (χ4n) is 4.22. The molecule has 1 amide bonds. The van der Waals surface area contributed by atoms with Gasteiger partial charge in [-0.1, -0.05) is 6.07 Å². The summed E-state index contributed by atoms with van der Waals surface area (Å²) < 4.78 is 68.0. The van der Waals surface area contributed by atoms with E-state index in [0.717, 1.165) is 23.0 Å². The summed E-state index contributed by atoms with van der Waals surface area (Å²) in [6, 6.07) is 3.71. The first-order chi connectivity index (χ1) is 16.0. The van der Waals surface area contributed by atoms with Crippen LogP contribution in [-0.2, 0) is 34.2 Å². The van der Waals surface area contributed by atoms with Crippen LogP contribution >= 0.6 is 0 Å². The number of hydrogen-bond acceptors (Lipinski definition) is 5. The molecule has 4 rings (SSSR count). The van der Waals surface area contributed by atoms with Crippen LogP contribution in [0, 0.1) is 24.4 Å². The molecule has 1 aromatic heterocycles. The van der Waals surface area contributed by atoms with E-state index in [1.54, 1.807) is 4.90 Å². The van der Waals surface area contributed by atoms with Crippen molar-refractivity contribution in [2.75, 3.05) is 6.54 Å². The van der Waals surface area contributed by atoms with Crippen molar-refractivity contribution in [2.45, 2.75) is 62.9 Å². The highest BCUT2D eigenvalue weighted by Crippen LogP contribution is 2.28. The molecule has 1 aromatic carbocycles. The van der Waals surface area contributed by atoms with Crippen molar-refractivity contribution >= 4 is 15.9 Å². The van der Waals surface area contributed by atoms with E-state index >= 15 is 0 Å². The van der Waals surface area contributed by atoms with Gasteiger partial charge in [-0.15, -0.1) is 0 Å². The predicted molar refractivity (Wildman–Crippen MR) is 120 cm³/mol. The molecule has 7 nitrogen and oxygen atoms in total. The van der Waals surface area contributed by atoms with Gasteiger partial charge in [0.05, 0.1) is 17.5 Å². The molecule has 34 heavy (non-hydrogen) atoms. The Morgan fingerprint density at radius 3 is 2.62 bits per heavy atom. The van der Waals surface area contributed by atoms with Gasteiger partial charge in [-0.05, 0) is 55.9 Å². The zero-order chi connectivity index (χ0) is 24.6. The lowest BCUT2D eigenvalue weighted by Gasteiger charge is -2.37. The first-order valence-electron chi connectivity index (χ1n) is 11.2. The van der Waals surface area contributed by atoms with Gasteiger partial charge in [0.25, 0.3) is 0 Å². The number of hydrogen-bond donors (Lipinski definition) is 2. The lowest BCUT2D eigenvalue weighted by Crippen LogP contribution is -2.51. The molecular formula is C23H27F3N4O3S. The highest BCUT2D eigenvalue weighted by molar-refractivity contribution is 7.90. The number of aryl methyl sites for hydroxylation is 1. The molecule has 3 N–H and O–H groups in total. The van der Waals surface area contributed by atoms with Gasteiger partial charge in [-0.25, -0.2) is 26.3 Å². The molecular weight excluding hydrogens is 469 g/mol. The molecule has 1 aliphatic carbocycles. The van der Waals surface area contributed by atoms with Gasteiger partial charge in [0.1, 0.15) is 5.82 Å². The van der Waals surface area contributed by atoms with E-state index in [9.17, 15) is 26.4 Å². The van der Waals surface area contributed by atoms with Gasteiger partial charge < -0.3 is 10.6 Å². The van der Waals surface area contributed by atoms with Gasteiger partial charge in [0.2, 0.25) is 15.9 Å². The summed E-state index contributed by atoms with van der Waals surface area (Å²) in [7, 11) is -3.43. The topological polar surface area (TPSA) is 105 Å². The molecule has 2 aliphatic rings. The first kappa shape index (κ1) is 24.6. The molecule has 2 atom stereocenters. The second kappa shape index (κ2) is 9.63. The number of aromatic nitrogens is 1. The van der Waals surface area contributed by atoms with E-state index < -0.39 is 39.6 Å². The average Bonchev–Trinajstić information content (AvgIpc) is 3.61. The summed E-state index contributed by atoms with van der Waals surface area (Å²) in [5, 5.41) is -0.378. The van der Waals surface area contributed by atoms with Crippen molar-refractivity contribution in [3.05, 3.63) is 64.2 Å². The summed E-state index contributed by atoms with van der Waals surface area (Å²) in [6.07, 6.45) is 1.35. The number of pyridine rings is 1. The van der Waals surface area contributed by atoms with Crippen molar-refractivity contribution in [1.82, 2.24) is 14.6 Å². The SMILES string of the molecule is Cc1ccc2c(n1)CN(C(=O)C[C@H](N)Cc1cc(F)c(F)cc1F)[C@H](CNS(=O)(=O)C1CC1)C2. The first-order valence-corrected chi connectivity index (χ1v) is 12.7. The molecule has 0 unspecified atom stereocenters. The van der Waals surface area contributed by atoms with Crippen LogP contribution in [-0.4, -0.2) is 48.1 Å². The van der Waals surface area contributed by atoms with E-state index in [-0.39, 0.29) is 42.7 Å². The van der Waals surface area contributed by atoms with E-state index in [1.807, 2.05) is 19.1 Å². The molecule has 11 heteroatoms. The van der Waals surface area contributed by atoms with Crippen LogP contribution in [0.15, 0.2) is 24.3 Å². The Hall–Kier alpha value is -2.50. The Bertz CT molecular complexity index is 1200. The van der Waals surface area contributed by atoms with Gasteiger partial charge in [0, 0.05) is 36.8 Å². The molecule has 0 radical (unpaired) electrons. The standard InChI is InChI=1S/C23H27F3N4O3S/c1-13-2-3-14-7-17(11-28-34(32,33)18-4-5-18)30(12-22(14)29-13)23(31)9-16(27)6-15-8-20(25)21(26)10-19(15)24/h2-3,8,10,16-18,28H,4-7,9,11-12,27H2,1H3/t16-,17+/m1/s1. The summed E-state index contributed by atoms with van der Waals surface area (Å²) >= 11 is 0. The lowest BCUT2D eigenvalue weighted by molar-refractivity contribution is -0.135. The highest BCUT2D eigenvalue weighted by Gasteiger charge is 2.37.